The number of benzene rings is 2. The minimum absolute atomic E-state index is 0.0371. The highest BCUT2D eigenvalue weighted by molar-refractivity contribution is 7.99. The number of nitrogens with zero attached hydrogens (tertiary/aromatic N) is 3. The van der Waals surface area contributed by atoms with Crippen molar-refractivity contribution in [3.63, 3.8) is 0 Å². The molecule has 1 amide bonds. The second-order valence-electron chi connectivity index (χ2n) is 8.46. The number of carbonyl (C=O) groups is 1. The van der Waals surface area contributed by atoms with Crippen molar-refractivity contribution < 1.29 is 9.53 Å². The zero-order chi connectivity index (χ0) is 23.5. The molecule has 0 radical (unpaired) electrons. The Morgan fingerprint density at radius 1 is 1.21 bits per heavy atom. The molecule has 1 heterocycles. The molecule has 3 aromatic rings. The third-order valence-corrected chi connectivity index (χ3v) is 7.37. The molecular weight excluding hydrogens is 458 g/mol. The molecule has 4 rings (SSSR count). The van der Waals surface area contributed by atoms with Gasteiger partial charge in [0.2, 0.25) is 5.91 Å². The van der Waals surface area contributed by atoms with E-state index in [9.17, 15) is 9.59 Å². The number of hydrogen-bond donors (Lipinski definition) is 0. The normalized spacial score (nSPS) is 14.4. The first-order valence-electron chi connectivity index (χ1n) is 11.1. The molecular formula is C25H28ClN3O3S. The highest BCUT2D eigenvalue weighted by Gasteiger charge is 2.23. The van der Waals surface area contributed by atoms with Crippen molar-refractivity contribution >= 4 is 40.2 Å². The lowest BCUT2D eigenvalue weighted by Gasteiger charge is -2.31. The van der Waals surface area contributed by atoms with Crippen molar-refractivity contribution in [3.05, 3.63) is 57.3 Å². The highest BCUT2D eigenvalue weighted by atomic mass is 35.5. The molecule has 1 aromatic heterocycles. The summed E-state index contributed by atoms with van der Waals surface area (Å²) in [6.45, 7) is 1.96. The summed E-state index contributed by atoms with van der Waals surface area (Å²) in [7, 11) is 3.45. The van der Waals surface area contributed by atoms with Gasteiger partial charge in [-0.25, -0.2) is 4.98 Å². The molecule has 0 spiro atoms. The Balaban J connectivity index is 1.75. The number of ether oxygens (including phenoxy) is 1. The number of amides is 1. The minimum Gasteiger partial charge on any atom is -0.495 e. The molecule has 0 saturated heterocycles. The number of methoxy groups -OCH3 is 1. The highest BCUT2D eigenvalue weighted by Crippen LogP contribution is 2.29. The van der Waals surface area contributed by atoms with E-state index in [0.29, 0.717) is 32.5 Å². The van der Waals surface area contributed by atoms with Gasteiger partial charge in [0.1, 0.15) is 5.75 Å². The fraction of sp³-hybridized carbons (Fsp3) is 0.400. The van der Waals surface area contributed by atoms with Gasteiger partial charge < -0.3 is 9.64 Å². The van der Waals surface area contributed by atoms with E-state index in [1.165, 1.54) is 18.2 Å². The van der Waals surface area contributed by atoms with Gasteiger partial charge in [-0.3, -0.25) is 14.2 Å². The van der Waals surface area contributed by atoms with Gasteiger partial charge >= 0.3 is 0 Å². The van der Waals surface area contributed by atoms with Crippen LogP contribution in [0.3, 0.4) is 0 Å². The maximum absolute atomic E-state index is 13.6. The predicted molar refractivity (Wildman–Crippen MR) is 134 cm³/mol. The quantitative estimate of drug-likeness (QED) is 0.353. The van der Waals surface area contributed by atoms with E-state index >= 15 is 0 Å². The van der Waals surface area contributed by atoms with Crippen molar-refractivity contribution in [2.75, 3.05) is 19.9 Å². The average Bonchev–Trinajstić information content (AvgIpc) is 2.82. The van der Waals surface area contributed by atoms with Crippen LogP contribution < -0.4 is 10.3 Å². The number of thioether (sulfide) groups is 1. The van der Waals surface area contributed by atoms with Gasteiger partial charge in [-0.2, -0.15) is 0 Å². The fourth-order valence-electron chi connectivity index (χ4n) is 4.32. The smallest absolute Gasteiger partial charge is 0.266 e. The van der Waals surface area contributed by atoms with Crippen molar-refractivity contribution in [2.45, 2.75) is 50.2 Å². The predicted octanol–water partition coefficient (Wildman–Crippen LogP) is 5.24. The molecule has 1 fully saturated rings. The Kier molecular flexibility index (Phi) is 7.29. The van der Waals surface area contributed by atoms with E-state index < -0.39 is 0 Å². The van der Waals surface area contributed by atoms with E-state index in [4.69, 9.17) is 21.3 Å². The molecule has 1 aliphatic rings. The zero-order valence-electron chi connectivity index (χ0n) is 19.1. The molecule has 2 aromatic carbocycles. The van der Waals surface area contributed by atoms with Gasteiger partial charge in [-0.15, -0.1) is 0 Å². The van der Waals surface area contributed by atoms with Crippen molar-refractivity contribution in [1.29, 1.82) is 0 Å². The van der Waals surface area contributed by atoms with E-state index in [1.54, 1.807) is 29.9 Å². The summed E-state index contributed by atoms with van der Waals surface area (Å²) in [4.78, 5) is 33.2. The number of fused-ring (bicyclic) bond motifs is 1. The third-order valence-electron chi connectivity index (χ3n) is 6.22. The second kappa shape index (κ2) is 10.2. The van der Waals surface area contributed by atoms with Crippen LogP contribution in [0.25, 0.3) is 16.6 Å². The van der Waals surface area contributed by atoms with E-state index in [1.807, 2.05) is 37.1 Å². The first kappa shape index (κ1) is 23.6. The van der Waals surface area contributed by atoms with E-state index in [-0.39, 0.29) is 23.3 Å². The zero-order valence-corrected chi connectivity index (χ0v) is 20.7. The summed E-state index contributed by atoms with van der Waals surface area (Å²) >= 11 is 7.43. The van der Waals surface area contributed by atoms with Gasteiger partial charge in [0.15, 0.2) is 5.16 Å². The topological polar surface area (TPSA) is 64.4 Å². The van der Waals surface area contributed by atoms with Crippen molar-refractivity contribution in [2.24, 2.45) is 0 Å². The standard InChI is InChI=1S/C25H28ClN3O3S/c1-16-9-12-22(32-3)21(13-16)29-24(31)19-11-10-17(26)14-20(19)27-25(29)33-15-23(30)28(2)18-7-5-4-6-8-18/h9-14,18H,4-8,15H2,1-3H3. The first-order valence-corrected chi connectivity index (χ1v) is 12.5. The molecule has 1 aliphatic carbocycles. The van der Waals surface area contributed by atoms with Crippen LogP contribution in [-0.4, -0.2) is 46.3 Å². The number of halogens is 1. The Labute approximate surface area is 202 Å². The maximum Gasteiger partial charge on any atom is 0.266 e. The number of hydrogen-bond acceptors (Lipinski definition) is 5. The van der Waals surface area contributed by atoms with Crippen LogP contribution in [0.15, 0.2) is 46.3 Å². The van der Waals surface area contributed by atoms with Gasteiger partial charge in [0.25, 0.3) is 5.56 Å². The van der Waals surface area contributed by atoms with Gasteiger partial charge in [0, 0.05) is 18.1 Å². The Bertz CT molecular complexity index is 1240. The second-order valence-corrected chi connectivity index (χ2v) is 9.84. The first-order chi connectivity index (χ1) is 15.9. The Morgan fingerprint density at radius 3 is 2.70 bits per heavy atom. The summed E-state index contributed by atoms with van der Waals surface area (Å²) in [5.41, 5.74) is 1.86. The van der Waals surface area contributed by atoms with Crippen molar-refractivity contribution in [3.8, 4) is 11.4 Å². The number of aryl methyl sites for hydroxylation is 1. The molecule has 0 atom stereocenters. The van der Waals surface area contributed by atoms with Crippen LogP contribution in [0.4, 0.5) is 0 Å². The molecule has 174 valence electrons. The maximum atomic E-state index is 13.6. The fourth-order valence-corrected chi connectivity index (χ4v) is 5.42. The lowest BCUT2D eigenvalue weighted by molar-refractivity contribution is -0.129. The lowest BCUT2D eigenvalue weighted by Crippen LogP contribution is -2.39. The summed E-state index contributed by atoms with van der Waals surface area (Å²) in [6.07, 6.45) is 5.65. The SMILES string of the molecule is COc1ccc(C)cc1-n1c(SCC(=O)N(C)C2CCCCC2)nc2cc(Cl)ccc2c1=O. The van der Waals surface area contributed by atoms with Crippen LogP contribution >= 0.6 is 23.4 Å². The van der Waals surface area contributed by atoms with Crippen LogP contribution in [0, 0.1) is 6.92 Å². The van der Waals surface area contributed by atoms with Crippen molar-refractivity contribution in [1.82, 2.24) is 14.5 Å². The third kappa shape index (κ3) is 5.04. The summed E-state index contributed by atoms with van der Waals surface area (Å²) in [5.74, 6) is 0.792. The summed E-state index contributed by atoms with van der Waals surface area (Å²) in [5, 5.41) is 1.39. The summed E-state index contributed by atoms with van der Waals surface area (Å²) < 4.78 is 7.09. The van der Waals surface area contributed by atoms with Crippen LogP contribution in [-0.2, 0) is 4.79 Å². The summed E-state index contributed by atoms with van der Waals surface area (Å²) in [6, 6.07) is 11.0. The number of aromatic nitrogens is 2. The van der Waals surface area contributed by atoms with Gasteiger partial charge in [-0.05, 0) is 55.7 Å². The number of rotatable bonds is 6. The molecule has 0 bridgehead atoms. The van der Waals surface area contributed by atoms with Crippen LogP contribution in [0.2, 0.25) is 5.02 Å². The van der Waals surface area contributed by atoms with Gasteiger partial charge in [0.05, 0.1) is 29.5 Å². The van der Waals surface area contributed by atoms with Gasteiger partial charge in [-0.1, -0.05) is 48.7 Å². The molecule has 0 aliphatic heterocycles. The monoisotopic (exact) mass is 485 g/mol. The Morgan fingerprint density at radius 2 is 1.97 bits per heavy atom. The Hall–Kier alpha value is -2.51. The molecule has 0 unspecified atom stereocenters. The molecule has 0 N–H and O–H groups in total. The molecule has 33 heavy (non-hydrogen) atoms. The molecule has 8 heteroatoms. The van der Waals surface area contributed by atoms with Crippen LogP contribution in [0.1, 0.15) is 37.7 Å². The average molecular weight is 486 g/mol. The minimum atomic E-state index is -0.226. The molecule has 6 nitrogen and oxygen atoms in total. The molecule has 1 saturated carbocycles. The van der Waals surface area contributed by atoms with E-state index in [2.05, 4.69) is 0 Å². The van der Waals surface area contributed by atoms with E-state index in [0.717, 1.165) is 31.2 Å². The van der Waals surface area contributed by atoms with Crippen LogP contribution in [0.5, 0.6) is 5.75 Å². The lowest BCUT2D eigenvalue weighted by atomic mass is 9.94. The number of carbonyl (C=O) groups excluding carboxylic acids is 1. The largest absolute Gasteiger partial charge is 0.495 e.